The molecule has 0 unspecified atom stereocenters. The number of likely N-dealkylation sites (N-methyl/N-ethyl adjacent to an activating group) is 1. The zero-order chi connectivity index (χ0) is 21.6. The zero-order valence-corrected chi connectivity index (χ0v) is 17.9. The van der Waals surface area contributed by atoms with Crippen molar-refractivity contribution in [2.45, 2.75) is 46.3 Å². The van der Waals surface area contributed by atoms with Gasteiger partial charge in [0.15, 0.2) is 0 Å². The van der Waals surface area contributed by atoms with Crippen LogP contribution in [0, 0.1) is 0 Å². The number of carbonyl (C=O) groups is 3. The second-order valence-electron chi connectivity index (χ2n) is 8.37. The van der Waals surface area contributed by atoms with Crippen LogP contribution < -0.4 is 0 Å². The van der Waals surface area contributed by atoms with Crippen LogP contribution in [0.25, 0.3) is 11.1 Å². The van der Waals surface area contributed by atoms with Gasteiger partial charge in [0.2, 0.25) is 0 Å². The van der Waals surface area contributed by atoms with Gasteiger partial charge >= 0.3 is 6.03 Å². The minimum absolute atomic E-state index is 0.1000. The monoisotopic (exact) mass is 405 g/mol. The van der Waals surface area contributed by atoms with E-state index in [0.717, 1.165) is 27.8 Å². The van der Waals surface area contributed by atoms with E-state index in [1.165, 1.54) is 4.90 Å². The first-order valence-corrected chi connectivity index (χ1v) is 10.4. The number of benzene rings is 2. The molecule has 0 saturated carbocycles. The van der Waals surface area contributed by atoms with Gasteiger partial charge in [0, 0.05) is 31.7 Å². The summed E-state index contributed by atoms with van der Waals surface area (Å²) in [7, 11) is 0. The predicted octanol–water partition coefficient (Wildman–Crippen LogP) is 3.89. The Morgan fingerprint density at radius 3 is 2.17 bits per heavy atom. The van der Waals surface area contributed by atoms with Gasteiger partial charge in [0.05, 0.1) is 0 Å². The normalized spacial score (nSPS) is 17.9. The summed E-state index contributed by atoms with van der Waals surface area (Å²) < 4.78 is 0. The maximum atomic E-state index is 12.6. The first kappa shape index (κ1) is 20.1. The van der Waals surface area contributed by atoms with Gasteiger partial charge in [-0.3, -0.25) is 14.5 Å². The number of amides is 4. The van der Waals surface area contributed by atoms with Crippen LogP contribution in [0.4, 0.5) is 4.79 Å². The number of nitrogens with zero attached hydrogens (tertiary/aromatic N) is 3. The molecule has 2 aromatic rings. The van der Waals surface area contributed by atoms with E-state index in [2.05, 4.69) is 6.07 Å². The van der Waals surface area contributed by atoms with Crippen molar-refractivity contribution in [1.29, 1.82) is 0 Å². The van der Waals surface area contributed by atoms with E-state index in [-0.39, 0.29) is 17.8 Å². The second kappa shape index (κ2) is 7.27. The van der Waals surface area contributed by atoms with E-state index >= 15 is 0 Å². The molecule has 1 saturated heterocycles. The zero-order valence-electron chi connectivity index (χ0n) is 17.9. The molecule has 6 nitrogen and oxygen atoms in total. The summed E-state index contributed by atoms with van der Waals surface area (Å²) in [6.07, 6.45) is 0. The molecule has 0 N–H and O–H groups in total. The highest BCUT2D eigenvalue weighted by Gasteiger charge is 2.50. The van der Waals surface area contributed by atoms with Crippen molar-refractivity contribution >= 4 is 17.8 Å². The van der Waals surface area contributed by atoms with Crippen LogP contribution in [-0.2, 0) is 17.9 Å². The van der Waals surface area contributed by atoms with Gasteiger partial charge in [-0.1, -0.05) is 30.3 Å². The number of hydrogen-bond acceptors (Lipinski definition) is 3. The fraction of sp³-hybridized carbons (Fsp3) is 0.375. The van der Waals surface area contributed by atoms with Crippen molar-refractivity contribution < 1.29 is 14.4 Å². The lowest BCUT2D eigenvalue weighted by molar-refractivity contribution is -0.131. The molecular weight excluding hydrogens is 378 g/mol. The SMILES string of the molecule is CCN1Cc2cc(-c3ccc(CN4C(=O)N(CC)C(=O)C4(C)C)cc3)ccc2C1=O. The molecule has 156 valence electrons. The first-order chi connectivity index (χ1) is 14.3. The molecule has 0 aromatic heterocycles. The van der Waals surface area contributed by atoms with Crippen molar-refractivity contribution in [2.24, 2.45) is 0 Å². The van der Waals surface area contributed by atoms with Gasteiger partial charge in [0.25, 0.3) is 11.8 Å². The molecule has 0 atom stereocenters. The van der Waals surface area contributed by atoms with Crippen LogP contribution >= 0.6 is 0 Å². The van der Waals surface area contributed by atoms with Crippen molar-refractivity contribution in [3.63, 3.8) is 0 Å². The summed E-state index contributed by atoms with van der Waals surface area (Å²) in [6.45, 7) is 9.53. The van der Waals surface area contributed by atoms with Crippen molar-refractivity contribution in [1.82, 2.24) is 14.7 Å². The summed E-state index contributed by atoms with van der Waals surface area (Å²) in [4.78, 5) is 42.2. The van der Waals surface area contributed by atoms with E-state index in [1.807, 2.05) is 55.1 Å². The van der Waals surface area contributed by atoms with Crippen LogP contribution in [0.2, 0.25) is 0 Å². The Hall–Kier alpha value is -3.15. The molecule has 2 heterocycles. The lowest BCUT2D eigenvalue weighted by atomic mass is 9.99. The Labute approximate surface area is 177 Å². The number of imide groups is 1. The van der Waals surface area contributed by atoms with E-state index in [9.17, 15) is 14.4 Å². The Morgan fingerprint density at radius 2 is 1.57 bits per heavy atom. The molecule has 0 spiro atoms. The molecule has 6 heteroatoms. The minimum Gasteiger partial charge on any atom is -0.335 e. The first-order valence-electron chi connectivity index (χ1n) is 10.4. The average molecular weight is 405 g/mol. The largest absolute Gasteiger partial charge is 0.335 e. The fourth-order valence-corrected chi connectivity index (χ4v) is 4.26. The lowest BCUT2D eigenvalue weighted by Gasteiger charge is -2.27. The van der Waals surface area contributed by atoms with Crippen molar-refractivity contribution in [3.8, 4) is 11.1 Å². The van der Waals surface area contributed by atoms with Gasteiger partial charge in [0.1, 0.15) is 5.54 Å². The summed E-state index contributed by atoms with van der Waals surface area (Å²) >= 11 is 0. The molecule has 4 amide bonds. The Bertz CT molecular complexity index is 1030. The van der Waals surface area contributed by atoms with Crippen molar-refractivity contribution in [3.05, 3.63) is 59.2 Å². The summed E-state index contributed by atoms with van der Waals surface area (Å²) in [5, 5.41) is 0. The van der Waals surface area contributed by atoms with Gasteiger partial charge in [-0.25, -0.2) is 4.79 Å². The molecule has 30 heavy (non-hydrogen) atoms. The highest BCUT2D eigenvalue weighted by molar-refractivity contribution is 6.06. The Kier molecular flexibility index (Phi) is 4.88. The fourth-order valence-electron chi connectivity index (χ4n) is 4.26. The molecular formula is C24H27N3O3. The van der Waals surface area contributed by atoms with E-state index in [0.29, 0.717) is 26.2 Å². The van der Waals surface area contributed by atoms with Crippen LogP contribution in [-0.4, -0.2) is 51.2 Å². The number of fused-ring (bicyclic) bond motifs is 1. The van der Waals surface area contributed by atoms with Gasteiger partial charge < -0.3 is 9.80 Å². The van der Waals surface area contributed by atoms with Crippen LogP contribution in [0.5, 0.6) is 0 Å². The Balaban J connectivity index is 1.54. The predicted molar refractivity (Wildman–Crippen MR) is 115 cm³/mol. The molecule has 0 radical (unpaired) electrons. The summed E-state index contributed by atoms with van der Waals surface area (Å²) in [6, 6.07) is 13.8. The van der Waals surface area contributed by atoms with Crippen LogP contribution in [0.15, 0.2) is 42.5 Å². The maximum absolute atomic E-state index is 12.6. The van der Waals surface area contributed by atoms with E-state index in [4.69, 9.17) is 0 Å². The van der Waals surface area contributed by atoms with Crippen molar-refractivity contribution in [2.75, 3.05) is 13.1 Å². The lowest BCUT2D eigenvalue weighted by Crippen LogP contribution is -2.43. The highest BCUT2D eigenvalue weighted by atomic mass is 16.2. The third-order valence-electron chi connectivity index (χ3n) is 6.22. The molecule has 4 rings (SSSR count). The Morgan fingerprint density at radius 1 is 0.900 bits per heavy atom. The number of carbonyl (C=O) groups excluding carboxylic acids is 3. The maximum Gasteiger partial charge on any atom is 0.327 e. The molecule has 0 aliphatic carbocycles. The third-order valence-corrected chi connectivity index (χ3v) is 6.22. The number of urea groups is 1. The highest BCUT2D eigenvalue weighted by Crippen LogP contribution is 2.31. The van der Waals surface area contributed by atoms with E-state index in [1.54, 1.807) is 18.7 Å². The van der Waals surface area contributed by atoms with Gasteiger partial charge in [-0.15, -0.1) is 0 Å². The van der Waals surface area contributed by atoms with E-state index < -0.39 is 5.54 Å². The third kappa shape index (κ3) is 3.07. The smallest absolute Gasteiger partial charge is 0.327 e. The molecule has 2 aliphatic heterocycles. The summed E-state index contributed by atoms with van der Waals surface area (Å²) in [5.41, 5.74) is 4.10. The summed E-state index contributed by atoms with van der Waals surface area (Å²) in [5.74, 6) is -0.0524. The number of hydrogen-bond donors (Lipinski definition) is 0. The molecule has 0 bridgehead atoms. The molecule has 2 aliphatic rings. The van der Waals surface area contributed by atoms with Crippen LogP contribution in [0.3, 0.4) is 0 Å². The second-order valence-corrected chi connectivity index (χ2v) is 8.37. The average Bonchev–Trinajstić information content (AvgIpc) is 3.14. The minimum atomic E-state index is -0.844. The van der Waals surface area contributed by atoms with Gasteiger partial charge in [-0.2, -0.15) is 0 Å². The molecule has 1 fully saturated rings. The standard InChI is InChI=1S/C24H27N3O3/c1-5-25-15-19-13-18(11-12-20(19)21(25)28)17-9-7-16(8-10-17)14-27-23(30)26(6-2)22(29)24(27,3)4/h7-13H,5-6,14-15H2,1-4H3. The van der Waals surface area contributed by atoms with Gasteiger partial charge in [-0.05, 0) is 62.1 Å². The van der Waals surface area contributed by atoms with Crippen LogP contribution in [0.1, 0.15) is 49.2 Å². The number of rotatable bonds is 5. The molecule has 2 aromatic carbocycles. The topological polar surface area (TPSA) is 60.9 Å². The quantitative estimate of drug-likeness (QED) is 0.709.